The van der Waals surface area contributed by atoms with Crippen molar-refractivity contribution in [3.05, 3.63) is 39.4 Å². The van der Waals surface area contributed by atoms with Crippen LogP contribution in [0.4, 0.5) is 5.69 Å². The lowest BCUT2D eigenvalue weighted by Gasteiger charge is -2.34. The van der Waals surface area contributed by atoms with Crippen molar-refractivity contribution in [1.29, 1.82) is 0 Å². The van der Waals surface area contributed by atoms with Gasteiger partial charge in [-0.3, -0.25) is 14.9 Å². The SMILES string of the molecule is Cc1cc(C(=O)NCC2(C)CCNCC2)ccc1[N+](=O)[O-]. The molecule has 1 fully saturated rings. The zero-order valence-electron chi connectivity index (χ0n) is 12.4. The number of carbonyl (C=O) groups is 1. The second kappa shape index (κ2) is 6.22. The van der Waals surface area contributed by atoms with Gasteiger partial charge in [0.1, 0.15) is 0 Å². The molecule has 1 heterocycles. The average molecular weight is 291 g/mol. The highest BCUT2D eigenvalue weighted by molar-refractivity contribution is 5.94. The number of nitro groups is 1. The van der Waals surface area contributed by atoms with E-state index in [1.54, 1.807) is 13.0 Å². The monoisotopic (exact) mass is 291 g/mol. The van der Waals surface area contributed by atoms with Gasteiger partial charge < -0.3 is 10.6 Å². The normalized spacial score (nSPS) is 17.2. The summed E-state index contributed by atoms with van der Waals surface area (Å²) in [7, 11) is 0. The van der Waals surface area contributed by atoms with Gasteiger partial charge in [0.25, 0.3) is 11.6 Å². The lowest BCUT2D eigenvalue weighted by Crippen LogP contribution is -2.42. The standard InChI is InChI=1S/C15H21N3O3/c1-11-9-12(3-4-13(11)18(20)21)14(19)17-10-15(2)5-7-16-8-6-15/h3-4,9,16H,5-8,10H2,1-2H3,(H,17,19). The molecule has 114 valence electrons. The van der Waals surface area contributed by atoms with Crippen LogP contribution in [0.15, 0.2) is 18.2 Å². The molecule has 1 aromatic rings. The van der Waals surface area contributed by atoms with E-state index in [1.807, 2.05) is 0 Å². The molecule has 1 aliphatic heterocycles. The van der Waals surface area contributed by atoms with Crippen molar-refractivity contribution in [1.82, 2.24) is 10.6 Å². The third-order valence-electron chi connectivity index (χ3n) is 4.14. The number of nitro benzene ring substituents is 1. The predicted octanol–water partition coefficient (Wildman–Crippen LogP) is 2.02. The second-order valence-corrected chi connectivity index (χ2v) is 6.00. The van der Waals surface area contributed by atoms with Gasteiger partial charge in [-0.25, -0.2) is 0 Å². The zero-order chi connectivity index (χ0) is 15.5. The highest BCUT2D eigenvalue weighted by Gasteiger charge is 2.27. The van der Waals surface area contributed by atoms with E-state index in [-0.39, 0.29) is 17.0 Å². The highest BCUT2D eigenvalue weighted by Crippen LogP contribution is 2.27. The number of nitrogens with one attached hydrogen (secondary N) is 2. The number of carbonyl (C=O) groups excluding carboxylic acids is 1. The van der Waals surface area contributed by atoms with E-state index >= 15 is 0 Å². The Morgan fingerprint density at radius 1 is 1.43 bits per heavy atom. The maximum absolute atomic E-state index is 12.2. The molecular formula is C15H21N3O3. The fourth-order valence-electron chi connectivity index (χ4n) is 2.60. The van der Waals surface area contributed by atoms with Crippen molar-refractivity contribution < 1.29 is 9.72 Å². The molecule has 0 unspecified atom stereocenters. The molecular weight excluding hydrogens is 270 g/mol. The first-order chi connectivity index (χ1) is 9.91. The Hall–Kier alpha value is -1.95. The molecule has 0 atom stereocenters. The van der Waals surface area contributed by atoms with Crippen LogP contribution in [-0.2, 0) is 0 Å². The number of benzene rings is 1. The molecule has 6 heteroatoms. The molecule has 0 bridgehead atoms. The fourth-order valence-corrected chi connectivity index (χ4v) is 2.60. The molecule has 0 aliphatic carbocycles. The third kappa shape index (κ3) is 3.78. The van der Waals surface area contributed by atoms with E-state index in [9.17, 15) is 14.9 Å². The van der Waals surface area contributed by atoms with E-state index < -0.39 is 4.92 Å². The van der Waals surface area contributed by atoms with Gasteiger partial charge >= 0.3 is 0 Å². The average Bonchev–Trinajstić information content (AvgIpc) is 2.45. The quantitative estimate of drug-likeness (QED) is 0.656. The Morgan fingerprint density at radius 2 is 2.10 bits per heavy atom. The van der Waals surface area contributed by atoms with Crippen LogP contribution in [0.5, 0.6) is 0 Å². The second-order valence-electron chi connectivity index (χ2n) is 6.00. The molecule has 0 saturated carbocycles. The van der Waals surface area contributed by atoms with Crippen LogP contribution in [0.1, 0.15) is 35.7 Å². The van der Waals surface area contributed by atoms with Crippen molar-refractivity contribution in [2.75, 3.05) is 19.6 Å². The van der Waals surface area contributed by atoms with Gasteiger partial charge in [-0.15, -0.1) is 0 Å². The molecule has 0 radical (unpaired) electrons. The topological polar surface area (TPSA) is 84.3 Å². The van der Waals surface area contributed by atoms with Gasteiger partial charge in [0.15, 0.2) is 0 Å². The maximum Gasteiger partial charge on any atom is 0.272 e. The van der Waals surface area contributed by atoms with E-state index in [0.717, 1.165) is 25.9 Å². The van der Waals surface area contributed by atoms with Gasteiger partial charge in [-0.05, 0) is 50.4 Å². The number of rotatable bonds is 4. The van der Waals surface area contributed by atoms with Crippen LogP contribution in [0.2, 0.25) is 0 Å². The minimum atomic E-state index is -0.437. The Morgan fingerprint density at radius 3 is 2.67 bits per heavy atom. The minimum Gasteiger partial charge on any atom is -0.351 e. The van der Waals surface area contributed by atoms with Gasteiger partial charge in [-0.2, -0.15) is 0 Å². The smallest absolute Gasteiger partial charge is 0.272 e. The molecule has 6 nitrogen and oxygen atoms in total. The number of hydrogen-bond donors (Lipinski definition) is 2. The molecule has 1 amide bonds. The van der Waals surface area contributed by atoms with Crippen LogP contribution < -0.4 is 10.6 Å². The van der Waals surface area contributed by atoms with Gasteiger partial charge in [0, 0.05) is 23.7 Å². The van der Waals surface area contributed by atoms with E-state index in [1.165, 1.54) is 12.1 Å². The summed E-state index contributed by atoms with van der Waals surface area (Å²) in [5, 5.41) is 17.0. The van der Waals surface area contributed by atoms with Crippen molar-refractivity contribution in [3.63, 3.8) is 0 Å². The number of amides is 1. The molecule has 0 spiro atoms. The number of nitrogens with zero attached hydrogens (tertiary/aromatic N) is 1. The molecule has 1 aromatic carbocycles. The van der Waals surface area contributed by atoms with E-state index in [2.05, 4.69) is 17.6 Å². The van der Waals surface area contributed by atoms with Crippen LogP contribution in [0, 0.1) is 22.5 Å². The third-order valence-corrected chi connectivity index (χ3v) is 4.14. The first-order valence-corrected chi connectivity index (χ1v) is 7.15. The fraction of sp³-hybridized carbons (Fsp3) is 0.533. The van der Waals surface area contributed by atoms with Crippen LogP contribution in [0.3, 0.4) is 0 Å². The molecule has 1 saturated heterocycles. The zero-order valence-corrected chi connectivity index (χ0v) is 12.4. The lowest BCUT2D eigenvalue weighted by atomic mass is 9.81. The van der Waals surface area contributed by atoms with Gasteiger partial charge in [0.05, 0.1) is 4.92 Å². The first-order valence-electron chi connectivity index (χ1n) is 7.15. The van der Waals surface area contributed by atoms with Crippen LogP contribution >= 0.6 is 0 Å². The summed E-state index contributed by atoms with van der Waals surface area (Å²) < 4.78 is 0. The highest BCUT2D eigenvalue weighted by atomic mass is 16.6. The van der Waals surface area contributed by atoms with Gasteiger partial charge in [-0.1, -0.05) is 6.92 Å². The number of piperidine rings is 1. The van der Waals surface area contributed by atoms with Crippen molar-refractivity contribution in [2.45, 2.75) is 26.7 Å². The molecule has 2 N–H and O–H groups in total. The van der Waals surface area contributed by atoms with E-state index in [0.29, 0.717) is 17.7 Å². The minimum absolute atomic E-state index is 0.0388. The Labute approximate surface area is 124 Å². The summed E-state index contributed by atoms with van der Waals surface area (Å²) in [6.07, 6.45) is 2.07. The van der Waals surface area contributed by atoms with E-state index in [4.69, 9.17) is 0 Å². The first kappa shape index (κ1) is 15.4. The number of aryl methyl sites for hydroxylation is 1. The summed E-state index contributed by atoms with van der Waals surface area (Å²) in [6.45, 7) is 6.40. The Kier molecular flexibility index (Phi) is 4.57. The Bertz CT molecular complexity index is 551. The largest absolute Gasteiger partial charge is 0.351 e. The van der Waals surface area contributed by atoms with Crippen molar-refractivity contribution >= 4 is 11.6 Å². The summed E-state index contributed by atoms with van der Waals surface area (Å²) in [5.41, 5.74) is 1.13. The van der Waals surface area contributed by atoms with Crippen molar-refractivity contribution in [3.8, 4) is 0 Å². The molecule has 21 heavy (non-hydrogen) atoms. The van der Waals surface area contributed by atoms with Crippen molar-refractivity contribution in [2.24, 2.45) is 5.41 Å². The maximum atomic E-state index is 12.2. The molecule has 0 aromatic heterocycles. The summed E-state index contributed by atoms with van der Waals surface area (Å²) in [4.78, 5) is 22.5. The summed E-state index contributed by atoms with van der Waals surface area (Å²) in [6, 6.07) is 4.46. The molecule has 1 aliphatic rings. The van der Waals surface area contributed by atoms with Crippen LogP contribution in [-0.4, -0.2) is 30.5 Å². The summed E-state index contributed by atoms with van der Waals surface area (Å²) >= 11 is 0. The number of hydrogen-bond acceptors (Lipinski definition) is 4. The molecule has 2 rings (SSSR count). The summed E-state index contributed by atoms with van der Waals surface area (Å²) in [5.74, 6) is -0.173. The van der Waals surface area contributed by atoms with Crippen LogP contribution in [0.25, 0.3) is 0 Å². The lowest BCUT2D eigenvalue weighted by molar-refractivity contribution is -0.385. The Balaban J connectivity index is 2.00. The van der Waals surface area contributed by atoms with Gasteiger partial charge in [0.2, 0.25) is 0 Å². The predicted molar refractivity (Wildman–Crippen MR) is 80.4 cm³/mol.